The second-order valence-electron chi connectivity index (χ2n) is 4.03. The molecule has 0 N–H and O–H groups in total. The largest absolute Gasteiger partial charge is 0.696 e. The molecular weight excluding hydrogens is 228 g/mol. The van der Waals surface area contributed by atoms with E-state index in [1.807, 2.05) is 0 Å². The highest BCUT2D eigenvalue weighted by atomic mass is 32.1. The Balaban J connectivity index is 0.000000770. The number of nitrogens with zero attached hydrogens (tertiary/aromatic N) is 2. The van der Waals surface area contributed by atoms with Crippen LogP contribution < -0.4 is 0 Å². The monoisotopic (exact) mass is 250 g/mol. The minimum Gasteiger partial charge on any atom is -0.696 e. The molecule has 0 aliphatic rings. The summed E-state index contributed by atoms with van der Waals surface area (Å²) in [5.74, 6) is 0. The number of nitriles is 1. The Hall–Kier alpha value is -1.11. The molecule has 0 heterocycles. The maximum absolute atomic E-state index is 7.13. The van der Waals surface area contributed by atoms with Crippen molar-refractivity contribution >= 4 is 12.6 Å². The van der Waals surface area contributed by atoms with Gasteiger partial charge >= 0.3 is 0 Å². The van der Waals surface area contributed by atoms with Crippen LogP contribution in [0.1, 0.15) is 26.3 Å². The summed E-state index contributed by atoms with van der Waals surface area (Å²) < 4.78 is 1.20. The summed E-state index contributed by atoms with van der Waals surface area (Å²) in [6.07, 6.45) is 0. The minimum absolute atomic E-state index is 1.17. The number of benzene rings is 1. The van der Waals surface area contributed by atoms with E-state index in [4.69, 9.17) is 5.26 Å². The predicted octanol–water partition coefficient (Wildman–Crippen LogP) is 3.08. The van der Waals surface area contributed by atoms with Crippen LogP contribution in [0.4, 0.5) is 0 Å². The van der Waals surface area contributed by atoms with Gasteiger partial charge in [-0.15, -0.1) is 0 Å². The van der Waals surface area contributed by atoms with E-state index >= 15 is 0 Å². The van der Waals surface area contributed by atoms with Crippen LogP contribution in [0.2, 0.25) is 0 Å². The molecule has 1 aromatic rings. The summed E-state index contributed by atoms with van der Waals surface area (Å²) in [6, 6.07) is 10.8. The summed E-state index contributed by atoms with van der Waals surface area (Å²) in [4.78, 5) is 0. The van der Waals surface area contributed by atoms with Crippen molar-refractivity contribution in [2.45, 2.75) is 27.3 Å². The van der Waals surface area contributed by atoms with E-state index in [2.05, 4.69) is 63.7 Å². The van der Waals surface area contributed by atoms with Crippen LogP contribution in [-0.2, 0) is 19.2 Å². The van der Waals surface area contributed by atoms with Crippen LogP contribution in [0, 0.1) is 10.7 Å². The van der Waals surface area contributed by atoms with Gasteiger partial charge in [0.15, 0.2) is 0 Å². The zero-order valence-electron chi connectivity index (χ0n) is 11.0. The average molecular weight is 250 g/mol. The van der Waals surface area contributed by atoms with Gasteiger partial charge in [0.1, 0.15) is 6.54 Å². The zero-order chi connectivity index (χ0) is 13.1. The van der Waals surface area contributed by atoms with Gasteiger partial charge in [0.05, 0.1) is 19.6 Å². The highest BCUT2D eigenvalue weighted by Gasteiger charge is 2.20. The molecule has 0 saturated heterocycles. The second kappa shape index (κ2) is 8.98. The van der Waals surface area contributed by atoms with Gasteiger partial charge in [-0.1, -0.05) is 35.7 Å². The first-order chi connectivity index (χ1) is 8.17. The highest BCUT2D eigenvalue weighted by molar-refractivity contribution is 7.64. The summed E-state index contributed by atoms with van der Waals surface area (Å²) in [7, 11) is 0. The fraction of sp³-hybridized carbons (Fsp3) is 0.500. The number of hydrogen-bond acceptors (Lipinski definition) is 2. The fourth-order valence-electron chi connectivity index (χ4n) is 1.98. The molecule has 0 saturated carbocycles. The third-order valence-electron chi connectivity index (χ3n) is 3.37. The Morgan fingerprint density at radius 2 is 1.47 bits per heavy atom. The summed E-state index contributed by atoms with van der Waals surface area (Å²) in [5.41, 5.74) is 1.46. The Morgan fingerprint density at radius 1 is 1.06 bits per heavy atom. The van der Waals surface area contributed by atoms with Crippen LogP contribution in [0.5, 0.6) is 0 Å². The molecule has 94 valence electrons. The molecule has 0 spiro atoms. The van der Waals surface area contributed by atoms with Gasteiger partial charge in [0.25, 0.3) is 0 Å². The van der Waals surface area contributed by atoms with E-state index in [-0.39, 0.29) is 0 Å². The lowest BCUT2D eigenvalue weighted by Gasteiger charge is -2.35. The third-order valence-corrected chi connectivity index (χ3v) is 3.37. The highest BCUT2D eigenvalue weighted by Crippen LogP contribution is 2.13. The molecule has 0 amide bonds. The van der Waals surface area contributed by atoms with Crippen molar-refractivity contribution in [2.75, 3.05) is 19.6 Å². The molecule has 1 rings (SSSR count). The van der Waals surface area contributed by atoms with Crippen LogP contribution in [0.3, 0.4) is 0 Å². The van der Waals surface area contributed by atoms with E-state index < -0.39 is 0 Å². The lowest BCUT2D eigenvalue weighted by atomic mass is 10.2. The van der Waals surface area contributed by atoms with Gasteiger partial charge in [-0.05, 0) is 20.8 Å². The van der Waals surface area contributed by atoms with Crippen molar-refractivity contribution in [3.8, 4) is 5.40 Å². The van der Waals surface area contributed by atoms with Gasteiger partial charge in [-0.2, -0.15) is 0 Å². The smallest absolute Gasteiger partial charge is 0.104 e. The molecule has 0 aliphatic heterocycles. The molecule has 0 aliphatic carbocycles. The van der Waals surface area contributed by atoms with Gasteiger partial charge in [-0.3, -0.25) is 0 Å². The molecule has 2 nitrogen and oxygen atoms in total. The Bertz CT molecular complexity index is 318. The number of thiocyanates is 1. The third kappa shape index (κ3) is 5.67. The van der Waals surface area contributed by atoms with Gasteiger partial charge in [0, 0.05) is 5.56 Å². The summed E-state index contributed by atoms with van der Waals surface area (Å²) in [6.45, 7) is 11.7. The van der Waals surface area contributed by atoms with Crippen LogP contribution >= 0.6 is 0 Å². The maximum atomic E-state index is 7.13. The van der Waals surface area contributed by atoms with E-state index in [9.17, 15) is 0 Å². The summed E-state index contributed by atoms with van der Waals surface area (Å²) in [5, 5.41) is 8.47. The Kier molecular flexibility index (Phi) is 8.39. The molecular formula is C14H22N2S. The molecule has 17 heavy (non-hydrogen) atoms. The first-order valence-electron chi connectivity index (χ1n) is 6.08. The SMILES string of the molecule is CC[N+](CC)(CC)Cc1ccccc1.N#C[S-]. The number of rotatable bonds is 5. The van der Waals surface area contributed by atoms with Crippen molar-refractivity contribution in [1.82, 2.24) is 0 Å². The molecule has 0 atom stereocenters. The lowest BCUT2D eigenvalue weighted by Crippen LogP contribution is -2.46. The predicted molar refractivity (Wildman–Crippen MR) is 75.0 cm³/mol. The van der Waals surface area contributed by atoms with Crippen molar-refractivity contribution in [3.63, 3.8) is 0 Å². The van der Waals surface area contributed by atoms with Crippen LogP contribution in [-0.4, -0.2) is 24.1 Å². The van der Waals surface area contributed by atoms with E-state index in [0.29, 0.717) is 0 Å². The Labute approximate surface area is 111 Å². The summed E-state index contributed by atoms with van der Waals surface area (Å²) >= 11 is 3.70. The first kappa shape index (κ1) is 15.9. The second-order valence-corrected chi connectivity index (χ2v) is 4.21. The van der Waals surface area contributed by atoms with Crippen molar-refractivity contribution in [3.05, 3.63) is 35.9 Å². The van der Waals surface area contributed by atoms with E-state index in [1.54, 1.807) is 0 Å². The maximum Gasteiger partial charge on any atom is 0.104 e. The first-order valence-corrected chi connectivity index (χ1v) is 6.49. The number of quaternary nitrogens is 1. The Morgan fingerprint density at radius 3 is 1.82 bits per heavy atom. The molecule has 3 heteroatoms. The van der Waals surface area contributed by atoms with Crippen molar-refractivity contribution in [2.24, 2.45) is 0 Å². The van der Waals surface area contributed by atoms with Gasteiger partial charge in [0.2, 0.25) is 0 Å². The topological polar surface area (TPSA) is 23.8 Å². The molecule has 0 fully saturated rings. The van der Waals surface area contributed by atoms with Crippen molar-refractivity contribution in [1.29, 1.82) is 5.26 Å². The fourth-order valence-corrected chi connectivity index (χ4v) is 1.98. The molecule has 0 bridgehead atoms. The average Bonchev–Trinajstić information content (AvgIpc) is 2.38. The molecule has 1 aromatic carbocycles. The van der Waals surface area contributed by atoms with E-state index in [0.717, 1.165) is 0 Å². The van der Waals surface area contributed by atoms with Crippen molar-refractivity contribution < 1.29 is 4.48 Å². The van der Waals surface area contributed by atoms with Gasteiger partial charge < -0.3 is 17.1 Å². The zero-order valence-corrected chi connectivity index (χ0v) is 11.8. The molecule has 0 unspecified atom stereocenters. The van der Waals surface area contributed by atoms with Gasteiger partial charge in [-0.25, -0.2) is 5.26 Å². The quantitative estimate of drug-likeness (QED) is 0.455. The van der Waals surface area contributed by atoms with Crippen LogP contribution in [0.25, 0.3) is 0 Å². The molecule has 0 radical (unpaired) electrons. The van der Waals surface area contributed by atoms with E-state index in [1.165, 1.54) is 41.6 Å². The normalized spacial score (nSPS) is 10.0. The minimum atomic E-state index is 1.17. The standard InChI is InChI=1S/C13H22N.CHNS/c1-4-14(5-2,6-3)12-13-10-8-7-9-11-13;2-1-3/h7-11H,4-6,12H2,1-3H3;3H/q+1;/p-1. The van der Waals surface area contributed by atoms with Crippen LogP contribution in [0.15, 0.2) is 30.3 Å². The molecule has 0 aromatic heterocycles. The number of hydrogen-bond donors (Lipinski definition) is 0. The lowest BCUT2D eigenvalue weighted by molar-refractivity contribution is -0.936.